The molecule has 1 heterocycles. The van der Waals surface area contributed by atoms with Crippen LogP contribution in [0, 0.1) is 0 Å². The average molecular weight is 554 g/mol. The summed E-state index contributed by atoms with van der Waals surface area (Å²) >= 11 is 0.996. The van der Waals surface area contributed by atoms with E-state index in [2.05, 4.69) is 35.8 Å². The van der Waals surface area contributed by atoms with Crippen molar-refractivity contribution in [2.45, 2.75) is 32.5 Å². The summed E-state index contributed by atoms with van der Waals surface area (Å²) in [5, 5.41) is 2.71. The zero-order chi connectivity index (χ0) is 28.2. The molecule has 10 heteroatoms. The highest BCUT2D eigenvalue weighted by Crippen LogP contribution is 2.32. The summed E-state index contributed by atoms with van der Waals surface area (Å²) in [6, 6.07) is 22.0. The van der Waals surface area contributed by atoms with Crippen LogP contribution in [-0.4, -0.2) is 29.1 Å². The molecule has 0 bridgehead atoms. The minimum atomic E-state index is -4.90. The molecule has 0 fully saturated rings. The summed E-state index contributed by atoms with van der Waals surface area (Å²) in [4.78, 5) is 31.9. The molecule has 3 aromatic carbocycles. The number of carbonyl (C=O) groups is 2. The molecule has 0 saturated heterocycles. The Morgan fingerprint density at radius 3 is 2.26 bits per heavy atom. The van der Waals surface area contributed by atoms with Crippen molar-refractivity contribution in [2.75, 3.05) is 16.0 Å². The number of benzene rings is 3. The van der Waals surface area contributed by atoms with E-state index in [4.69, 9.17) is 0 Å². The summed E-state index contributed by atoms with van der Waals surface area (Å²) in [5.74, 6) is -1.67. The van der Waals surface area contributed by atoms with Crippen LogP contribution in [0.25, 0.3) is 6.08 Å². The molecule has 0 atom stereocenters. The van der Waals surface area contributed by atoms with Crippen LogP contribution in [0.15, 0.2) is 89.6 Å². The molecule has 0 unspecified atom stereocenters. The molecule has 6 nitrogen and oxygen atoms in total. The molecule has 2 amide bonds. The first-order chi connectivity index (χ1) is 18.4. The summed E-state index contributed by atoms with van der Waals surface area (Å²) in [6.45, 7) is 6.35. The van der Waals surface area contributed by atoms with Crippen LogP contribution in [0.4, 0.5) is 24.5 Å². The van der Waals surface area contributed by atoms with E-state index in [0.717, 1.165) is 29.0 Å². The van der Waals surface area contributed by atoms with E-state index in [1.165, 1.54) is 23.1 Å². The molecule has 4 rings (SSSR count). The maximum absolute atomic E-state index is 13.4. The van der Waals surface area contributed by atoms with E-state index in [-0.39, 0.29) is 33.6 Å². The lowest BCUT2D eigenvalue weighted by Gasteiger charge is -2.19. The predicted molar refractivity (Wildman–Crippen MR) is 149 cm³/mol. The van der Waals surface area contributed by atoms with Gasteiger partial charge in [-0.3, -0.25) is 14.5 Å². The highest BCUT2D eigenvalue weighted by Gasteiger charge is 2.33. The third-order valence-corrected chi connectivity index (χ3v) is 6.58. The molecule has 1 aliphatic rings. The monoisotopic (exact) mass is 553 g/mol. The van der Waals surface area contributed by atoms with E-state index in [9.17, 15) is 22.8 Å². The molecule has 1 N–H and O–H groups in total. The Balaban J connectivity index is 1.54. The molecule has 0 radical (unpaired) electrons. The highest BCUT2D eigenvalue weighted by molar-refractivity contribution is 8.14. The number of carbonyl (C=O) groups excluding carboxylic acids is 2. The Kier molecular flexibility index (Phi) is 8.15. The Labute approximate surface area is 228 Å². The van der Waals surface area contributed by atoms with Crippen molar-refractivity contribution in [3.05, 3.63) is 95.7 Å². The van der Waals surface area contributed by atoms with Gasteiger partial charge in [0.1, 0.15) is 5.70 Å². The molecule has 0 saturated carbocycles. The fourth-order valence-corrected chi connectivity index (χ4v) is 4.55. The number of nitrogens with one attached hydrogen (secondary N) is 1. The smallest absolute Gasteiger partial charge is 0.404 e. The number of aliphatic imine (C=N–C) groups is 1. The number of para-hydroxylation sites is 3. The van der Waals surface area contributed by atoms with E-state index in [1.807, 2.05) is 30.3 Å². The number of thioether (sulfide) groups is 1. The van der Waals surface area contributed by atoms with Crippen molar-refractivity contribution in [2.24, 2.45) is 4.99 Å². The minimum Gasteiger partial charge on any atom is -0.404 e. The van der Waals surface area contributed by atoms with Crippen LogP contribution in [0.2, 0.25) is 0 Å². The SMILES string of the molecule is CC(C)(C)c1ccc(/C=C2\N=C(SCC(=O)Nc3ccccc3OC(F)(F)F)N(c3ccccc3)C2=O)cc1. The number of hydrogen-bond acceptors (Lipinski definition) is 5. The van der Waals surface area contributed by atoms with E-state index in [1.54, 1.807) is 30.3 Å². The molecular formula is C29H26F3N3O3S. The molecule has 39 heavy (non-hydrogen) atoms. The summed E-state index contributed by atoms with van der Waals surface area (Å²) in [5.41, 5.74) is 2.60. The third-order valence-electron chi connectivity index (χ3n) is 5.64. The van der Waals surface area contributed by atoms with Crippen molar-refractivity contribution >= 4 is 46.2 Å². The second kappa shape index (κ2) is 11.4. The number of alkyl halides is 3. The number of ether oxygens (including phenoxy) is 1. The van der Waals surface area contributed by atoms with Gasteiger partial charge in [0.2, 0.25) is 5.91 Å². The standard InChI is InChI=1S/C29H26F3N3O3S/c1-28(2,3)20-15-13-19(14-16-20)17-23-26(37)35(21-9-5-4-6-10-21)27(34-23)39-18-25(36)33-22-11-7-8-12-24(22)38-29(30,31)32/h4-17H,18H2,1-3H3,(H,33,36)/b23-17-. The molecular weight excluding hydrogens is 527 g/mol. The molecule has 0 aromatic heterocycles. The molecule has 0 spiro atoms. The van der Waals surface area contributed by atoms with Gasteiger partial charge in [-0.1, -0.05) is 87.1 Å². The summed E-state index contributed by atoms with van der Waals surface area (Å²) < 4.78 is 42.1. The average Bonchev–Trinajstić information content (AvgIpc) is 3.18. The third kappa shape index (κ3) is 7.29. The Bertz CT molecular complexity index is 1410. The van der Waals surface area contributed by atoms with Crippen molar-refractivity contribution < 1.29 is 27.5 Å². The lowest BCUT2D eigenvalue weighted by Crippen LogP contribution is -2.31. The molecule has 0 aliphatic carbocycles. The maximum atomic E-state index is 13.4. The van der Waals surface area contributed by atoms with Crippen LogP contribution in [-0.2, 0) is 15.0 Å². The van der Waals surface area contributed by atoms with Gasteiger partial charge in [-0.05, 0) is 46.9 Å². The van der Waals surface area contributed by atoms with Gasteiger partial charge < -0.3 is 10.1 Å². The van der Waals surface area contributed by atoms with E-state index in [0.29, 0.717) is 5.69 Å². The number of anilines is 2. The van der Waals surface area contributed by atoms with Gasteiger partial charge in [0.05, 0.1) is 17.1 Å². The Hall–Kier alpha value is -4.05. The summed E-state index contributed by atoms with van der Waals surface area (Å²) in [7, 11) is 0. The van der Waals surface area contributed by atoms with Crippen molar-refractivity contribution in [3.8, 4) is 5.75 Å². The second-order valence-corrected chi connectivity index (χ2v) is 10.6. The Morgan fingerprint density at radius 2 is 1.62 bits per heavy atom. The van der Waals surface area contributed by atoms with Crippen LogP contribution in [0.3, 0.4) is 0 Å². The highest BCUT2D eigenvalue weighted by atomic mass is 32.2. The van der Waals surface area contributed by atoms with Gasteiger partial charge in [0, 0.05) is 0 Å². The van der Waals surface area contributed by atoms with Crippen molar-refractivity contribution in [3.63, 3.8) is 0 Å². The predicted octanol–water partition coefficient (Wildman–Crippen LogP) is 7.00. The number of amides is 2. The second-order valence-electron chi connectivity index (χ2n) is 9.65. The van der Waals surface area contributed by atoms with Gasteiger partial charge in [0.25, 0.3) is 5.91 Å². The largest absolute Gasteiger partial charge is 0.573 e. The van der Waals surface area contributed by atoms with E-state index >= 15 is 0 Å². The van der Waals surface area contributed by atoms with Gasteiger partial charge in [-0.2, -0.15) is 0 Å². The Morgan fingerprint density at radius 1 is 0.974 bits per heavy atom. The number of amidine groups is 1. The zero-order valence-corrected chi connectivity index (χ0v) is 22.3. The zero-order valence-electron chi connectivity index (χ0n) is 21.5. The first-order valence-corrected chi connectivity index (χ1v) is 13.0. The van der Waals surface area contributed by atoms with Crippen molar-refractivity contribution in [1.82, 2.24) is 0 Å². The minimum absolute atomic E-state index is 0.0130. The first kappa shape index (κ1) is 28.0. The fraction of sp³-hybridized carbons (Fsp3) is 0.207. The topological polar surface area (TPSA) is 71.0 Å². The van der Waals surface area contributed by atoms with Crippen LogP contribution >= 0.6 is 11.8 Å². The number of halogens is 3. The first-order valence-electron chi connectivity index (χ1n) is 12.0. The summed E-state index contributed by atoms with van der Waals surface area (Å²) in [6.07, 6.45) is -3.22. The maximum Gasteiger partial charge on any atom is 0.573 e. The normalized spacial score (nSPS) is 14.9. The fourth-order valence-electron chi connectivity index (χ4n) is 3.74. The van der Waals surface area contributed by atoms with E-state index < -0.39 is 18.0 Å². The number of nitrogens with zero attached hydrogens (tertiary/aromatic N) is 2. The lowest BCUT2D eigenvalue weighted by molar-refractivity contribution is -0.274. The van der Waals surface area contributed by atoms with Crippen LogP contribution in [0.1, 0.15) is 31.9 Å². The molecule has 1 aliphatic heterocycles. The van der Waals surface area contributed by atoms with Gasteiger partial charge in [-0.15, -0.1) is 13.2 Å². The van der Waals surface area contributed by atoms with Gasteiger partial charge >= 0.3 is 6.36 Å². The van der Waals surface area contributed by atoms with Crippen LogP contribution < -0.4 is 15.0 Å². The number of rotatable bonds is 6. The number of hydrogen-bond donors (Lipinski definition) is 1. The quantitative estimate of drug-likeness (QED) is 0.334. The van der Waals surface area contributed by atoms with Crippen molar-refractivity contribution in [1.29, 1.82) is 0 Å². The molecule has 3 aromatic rings. The lowest BCUT2D eigenvalue weighted by atomic mass is 9.87. The van der Waals surface area contributed by atoms with Crippen LogP contribution in [0.5, 0.6) is 5.75 Å². The molecule has 202 valence electrons. The van der Waals surface area contributed by atoms with Gasteiger partial charge in [-0.25, -0.2) is 4.99 Å². The van der Waals surface area contributed by atoms with Gasteiger partial charge in [0.15, 0.2) is 10.9 Å².